The molecule has 0 saturated heterocycles. The third-order valence-corrected chi connectivity index (χ3v) is 3.97. The second kappa shape index (κ2) is 4.04. The van der Waals surface area contributed by atoms with Crippen LogP contribution in [0.1, 0.15) is 0 Å². The first-order chi connectivity index (χ1) is 7.83. The van der Waals surface area contributed by atoms with Crippen molar-refractivity contribution in [3.8, 4) is 0 Å². The van der Waals surface area contributed by atoms with Gasteiger partial charge in [0.15, 0.2) is 15.3 Å². The molecule has 0 aliphatic carbocycles. The van der Waals surface area contributed by atoms with E-state index in [1.807, 2.05) is 24.3 Å². The van der Waals surface area contributed by atoms with Gasteiger partial charge in [0.1, 0.15) is 0 Å². The predicted octanol–water partition coefficient (Wildman–Crippen LogP) is 3.22. The minimum absolute atomic E-state index is 0.426. The topological polar surface area (TPSA) is 54.5 Å². The molecule has 0 atom stereocenters. The molecule has 4 nitrogen and oxygen atoms in total. The fourth-order valence-electron chi connectivity index (χ4n) is 1.30. The third kappa shape index (κ3) is 1.79. The Morgan fingerprint density at radius 3 is 2.88 bits per heavy atom. The second-order valence-electron chi connectivity index (χ2n) is 3.02. The number of hydrogen-bond acceptors (Lipinski definition) is 5. The van der Waals surface area contributed by atoms with Crippen molar-refractivity contribution < 1.29 is 0 Å². The first-order valence-electron chi connectivity index (χ1n) is 4.43. The van der Waals surface area contributed by atoms with E-state index in [2.05, 4.69) is 18.7 Å². The number of rotatable bonds is 2. The molecule has 16 heavy (non-hydrogen) atoms. The number of hydrogen-bond donors (Lipinski definition) is 1. The van der Waals surface area contributed by atoms with Crippen molar-refractivity contribution in [1.29, 1.82) is 0 Å². The van der Waals surface area contributed by atoms with Crippen molar-refractivity contribution in [2.45, 2.75) is 10.2 Å². The Balaban J connectivity index is 1.98. The molecule has 80 valence electrons. The molecular formula is C9H5ClN4S2. The van der Waals surface area contributed by atoms with Gasteiger partial charge in [-0.15, -0.1) is 0 Å². The highest BCUT2D eigenvalue weighted by molar-refractivity contribution is 7.99. The summed E-state index contributed by atoms with van der Waals surface area (Å²) in [7, 11) is 0. The molecule has 0 aliphatic heterocycles. The summed E-state index contributed by atoms with van der Waals surface area (Å²) in [6, 6.07) is 7.85. The van der Waals surface area contributed by atoms with Crippen LogP contribution in [-0.2, 0) is 0 Å². The summed E-state index contributed by atoms with van der Waals surface area (Å²) in [5.41, 5.74) is 1.94. The largest absolute Gasteiger partial charge is 0.333 e. The van der Waals surface area contributed by atoms with E-state index in [0.717, 1.165) is 27.9 Å². The molecule has 0 spiro atoms. The van der Waals surface area contributed by atoms with Crippen LogP contribution < -0.4 is 0 Å². The van der Waals surface area contributed by atoms with Gasteiger partial charge in [-0.25, -0.2) is 4.98 Å². The van der Waals surface area contributed by atoms with Gasteiger partial charge < -0.3 is 4.98 Å². The van der Waals surface area contributed by atoms with Gasteiger partial charge in [-0.05, 0) is 23.9 Å². The molecule has 0 bridgehead atoms. The Morgan fingerprint density at radius 1 is 1.25 bits per heavy atom. The van der Waals surface area contributed by atoms with Crippen LogP contribution >= 0.6 is 35.1 Å². The smallest absolute Gasteiger partial charge is 0.177 e. The molecule has 0 saturated carbocycles. The average molecular weight is 269 g/mol. The van der Waals surface area contributed by atoms with Crippen LogP contribution in [0.15, 0.2) is 34.4 Å². The van der Waals surface area contributed by atoms with E-state index >= 15 is 0 Å². The zero-order valence-electron chi connectivity index (χ0n) is 7.85. The van der Waals surface area contributed by atoms with Gasteiger partial charge in [-0.2, -0.15) is 8.75 Å². The van der Waals surface area contributed by atoms with E-state index in [9.17, 15) is 0 Å². The van der Waals surface area contributed by atoms with Crippen LogP contribution in [0.25, 0.3) is 11.0 Å². The van der Waals surface area contributed by atoms with Crippen LogP contribution in [0.4, 0.5) is 0 Å². The minimum atomic E-state index is 0.426. The lowest BCUT2D eigenvalue weighted by molar-refractivity contribution is 1.07. The fourth-order valence-corrected chi connectivity index (χ4v) is 2.89. The zero-order valence-corrected chi connectivity index (χ0v) is 10.2. The molecule has 1 N–H and O–H groups in total. The highest BCUT2D eigenvalue weighted by Gasteiger charge is 2.10. The number of aromatic nitrogens is 4. The Labute approximate surface area is 104 Å². The fraction of sp³-hybridized carbons (Fsp3) is 0. The molecule has 3 rings (SSSR count). The average Bonchev–Trinajstić information content (AvgIpc) is 2.85. The maximum Gasteiger partial charge on any atom is 0.177 e. The molecule has 2 aromatic heterocycles. The summed E-state index contributed by atoms with van der Waals surface area (Å²) >= 11 is 8.35. The van der Waals surface area contributed by atoms with Gasteiger partial charge in [0.25, 0.3) is 0 Å². The number of para-hydroxylation sites is 2. The summed E-state index contributed by atoms with van der Waals surface area (Å²) in [5.74, 6) is 0. The molecule has 1 aromatic carbocycles. The maximum atomic E-state index is 5.86. The first-order valence-corrected chi connectivity index (χ1v) is 6.36. The van der Waals surface area contributed by atoms with Crippen LogP contribution in [-0.4, -0.2) is 18.7 Å². The second-order valence-corrected chi connectivity index (χ2v) is 4.89. The Kier molecular flexibility index (Phi) is 2.55. The van der Waals surface area contributed by atoms with Gasteiger partial charge >= 0.3 is 0 Å². The zero-order chi connectivity index (χ0) is 11.0. The monoisotopic (exact) mass is 268 g/mol. The summed E-state index contributed by atoms with van der Waals surface area (Å²) in [4.78, 5) is 7.61. The molecule has 7 heteroatoms. The molecular weight excluding hydrogens is 264 g/mol. The molecule has 0 unspecified atom stereocenters. The van der Waals surface area contributed by atoms with Crippen molar-refractivity contribution in [2.75, 3.05) is 0 Å². The van der Waals surface area contributed by atoms with Crippen LogP contribution in [0.3, 0.4) is 0 Å². The standard InChI is InChI=1S/C9H5ClN4S2/c10-7-8(14-16-13-7)15-9-11-5-3-1-2-4-6(5)12-9/h1-4H,(H,11,12). The van der Waals surface area contributed by atoms with E-state index in [1.54, 1.807) is 0 Å². The summed E-state index contributed by atoms with van der Waals surface area (Å²) in [5, 5.41) is 1.89. The molecule has 0 radical (unpaired) electrons. The Bertz CT molecular complexity index is 600. The number of nitrogens with one attached hydrogen (secondary N) is 1. The Morgan fingerprint density at radius 2 is 2.12 bits per heavy atom. The molecule has 0 fully saturated rings. The van der Waals surface area contributed by atoms with Crippen molar-refractivity contribution in [3.63, 3.8) is 0 Å². The number of aromatic amines is 1. The minimum Gasteiger partial charge on any atom is -0.333 e. The molecule has 0 amide bonds. The van der Waals surface area contributed by atoms with E-state index in [1.165, 1.54) is 11.8 Å². The quantitative estimate of drug-likeness (QED) is 0.775. The van der Waals surface area contributed by atoms with Gasteiger partial charge in [0, 0.05) is 0 Å². The van der Waals surface area contributed by atoms with Gasteiger partial charge in [0.2, 0.25) is 0 Å². The van der Waals surface area contributed by atoms with Gasteiger partial charge in [-0.1, -0.05) is 23.7 Å². The van der Waals surface area contributed by atoms with Crippen LogP contribution in [0, 0.1) is 0 Å². The highest BCUT2D eigenvalue weighted by atomic mass is 35.5. The summed E-state index contributed by atoms with van der Waals surface area (Å²) in [6.07, 6.45) is 0. The summed E-state index contributed by atoms with van der Waals surface area (Å²) in [6.45, 7) is 0. The normalized spacial score (nSPS) is 11.1. The lowest BCUT2D eigenvalue weighted by Crippen LogP contribution is -1.75. The number of benzene rings is 1. The van der Waals surface area contributed by atoms with Crippen molar-refractivity contribution >= 4 is 46.1 Å². The molecule has 3 aromatic rings. The lowest BCUT2D eigenvalue weighted by Gasteiger charge is -1.89. The number of fused-ring (bicyclic) bond motifs is 1. The van der Waals surface area contributed by atoms with Gasteiger partial charge in [0.05, 0.1) is 22.8 Å². The maximum absolute atomic E-state index is 5.86. The highest BCUT2D eigenvalue weighted by Crippen LogP contribution is 2.30. The number of halogens is 1. The van der Waals surface area contributed by atoms with E-state index in [4.69, 9.17) is 11.6 Å². The number of imidazole rings is 1. The summed E-state index contributed by atoms with van der Waals surface area (Å²) < 4.78 is 7.98. The van der Waals surface area contributed by atoms with E-state index in [-0.39, 0.29) is 0 Å². The van der Waals surface area contributed by atoms with Crippen LogP contribution in [0.5, 0.6) is 0 Å². The number of nitrogens with zero attached hydrogens (tertiary/aromatic N) is 3. The van der Waals surface area contributed by atoms with Crippen LogP contribution in [0.2, 0.25) is 5.15 Å². The van der Waals surface area contributed by atoms with Gasteiger partial charge in [-0.3, -0.25) is 0 Å². The van der Waals surface area contributed by atoms with Crippen molar-refractivity contribution in [1.82, 2.24) is 18.7 Å². The first kappa shape index (κ1) is 10.1. The van der Waals surface area contributed by atoms with E-state index < -0.39 is 0 Å². The SMILES string of the molecule is Clc1nsnc1Sc1nc2ccccc2[nH]1. The van der Waals surface area contributed by atoms with E-state index in [0.29, 0.717) is 10.2 Å². The lowest BCUT2D eigenvalue weighted by atomic mass is 10.3. The molecule has 0 aliphatic rings. The predicted molar refractivity (Wildman–Crippen MR) is 65.1 cm³/mol. The molecule has 2 heterocycles. The van der Waals surface area contributed by atoms with Crippen molar-refractivity contribution in [2.24, 2.45) is 0 Å². The third-order valence-electron chi connectivity index (χ3n) is 1.98. The number of H-pyrrole nitrogens is 1. The Hall–Kier alpha value is -1.11. The van der Waals surface area contributed by atoms with Crippen molar-refractivity contribution in [3.05, 3.63) is 29.4 Å².